The molecule has 0 saturated heterocycles. The van der Waals surface area contributed by atoms with Gasteiger partial charge in [0.15, 0.2) is 0 Å². The Morgan fingerprint density at radius 3 is 2.59 bits per heavy atom. The maximum atomic E-state index is 8.80. The van der Waals surface area contributed by atoms with Crippen molar-refractivity contribution in [2.45, 2.75) is 10.6 Å². The van der Waals surface area contributed by atoms with Gasteiger partial charge in [-0.25, -0.2) is 0 Å². The summed E-state index contributed by atoms with van der Waals surface area (Å²) in [6, 6.07) is 17.6. The molecule has 0 saturated carbocycles. The second kappa shape index (κ2) is 5.77. The van der Waals surface area contributed by atoms with Crippen LogP contribution in [-0.2, 0) is 5.75 Å². The van der Waals surface area contributed by atoms with Crippen LogP contribution in [-0.4, -0.2) is 0 Å². The van der Waals surface area contributed by atoms with Crippen molar-refractivity contribution < 1.29 is 0 Å². The molecule has 0 unspecified atom stereocenters. The van der Waals surface area contributed by atoms with Gasteiger partial charge in [0.05, 0.1) is 11.6 Å². The lowest BCUT2D eigenvalue weighted by Crippen LogP contribution is -1.81. The molecule has 2 rings (SSSR count). The number of hydrogen-bond donors (Lipinski definition) is 0. The summed E-state index contributed by atoms with van der Waals surface area (Å²) in [5.74, 6) is 0.881. The van der Waals surface area contributed by atoms with Crippen LogP contribution in [0.3, 0.4) is 0 Å². The number of halogens is 1. The van der Waals surface area contributed by atoms with Crippen LogP contribution in [0.5, 0.6) is 0 Å². The highest BCUT2D eigenvalue weighted by atomic mass is 35.5. The first-order valence-electron chi connectivity index (χ1n) is 5.15. The molecule has 0 N–H and O–H groups in total. The third kappa shape index (κ3) is 3.52. The van der Waals surface area contributed by atoms with Crippen molar-refractivity contribution >= 4 is 23.4 Å². The molecule has 0 amide bonds. The first-order valence-corrected chi connectivity index (χ1v) is 6.52. The van der Waals surface area contributed by atoms with Gasteiger partial charge in [-0.2, -0.15) is 5.26 Å². The first-order chi connectivity index (χ1) is 8.28. The highest BCUT2D eigenvalue weighted by molar-refractivity contribution is 7.98. The van der Waals surface area contributed by atoms with Crippen LogP contribution < -0.4 is 0 Å². The fourth-order valence-electron chi connectivity index (χ4n) is 1.40. The van der Waals surface area contributed by atoms with Gasteiger partial charge in [-0.3, -0.25) is 0 Å². The maximum Gasteiger partial charge on any atom is 0.0992 e. The topological polar surface area (TPSA) is 23.8 Å². The Hall–Kier alpha value is -1.43. The van der Waals surface area contributed by atoms with Crippen LogP contribution in [0.1, 0.15) is 11.1 Å². The predicted molar refractivity (Wildman–Crippen MR) is 72.2 cm³/mol. The minimum atomic E-state index is 0.700. The largest absolute Gasteiger partial charge is 0.192 e. The van der Waals surface area contributed by atoms with Crippen LogP contribution in [0.15, 0.2) is 53.4 Å². The van der Waals surface area contributed by atoms with E-state index in [0.29, 0.717) is 5.56 Å². The lowest BCUT2D eigenvalue weighted by molar-refractivity contribution is 1.36. The number of rotatable bonds is 3. The van der Waals surface area contributed by atoms with Crippen LogP contribution in [0, 0.1) is 11.3 Å². The van der Waals surface area contributed by atoms with Crippen LogP contribution in [0.2, 0.25) is 5.02 Å². The summed E-state index contributed by atoms with van der Waals surface area (Å²) in [4.78, 5) is 1.11. The molecule has 0 aromatic heterocycles. The normalized spacial score (nSPS) is 9.88. The van der Waals surface area contributed by atoms with E-state index in [1.807, 2.05) is 48.5 Å². The minimum absolute atomic E-state index is 0.700. The molecule has 2 aromatic carbocycles. The molecule has 0 heterocycles. The zero-order chi connectivity index (χ0) is 12.1. The van der Waals surface area contributed by atoms with E-state index in [-0.39, 0.29) is 0 Å². The van der Waals surface area contributed by atoms with Crippen molar-refractivity contribution in [3.8, 4) is 6.07 Å². The molecule has 0 spiro atoms. The van der Waals surface area contributed by atoms with Gasteiger partial charge in [-0.05, 0) is 35.9 Å². The Kier molecular flexibility index (Phi) is 4.08. The van der Waals surface area contributed by atoms with Gasteiger partial charge in [-0.15, -0.1) is 11.8 Å². The molecule has 1 nitrogen and oxygen atoms in total. The molecule has 0 aliphatic rings. The van der Waals surface area contributed by atoms with Crippen molar-refractivity contribution in [2.24, 2.45) is 0 Å². The average molecular weight is 260 g/mol. The van der Waals surface area contributed by atoms with E-state index in [4.69, 9.17) is 16.9 Å². The zero-order valence-corrected chi connectivity index (χ0v) is 10.6. The summed E-state index contributed by atoms with van der Waals surface area (Å²) in [5.41, 5.74) is 1.92. The Morgan fingerprint density at radius 1 is 1.12 bits per heavy atom. The highest BCUT2D eigenvalue weighted by Gasteiger charge is 1.98. The molecule has 0 atom stereocenters. The lowest BCUT2D eigenvalue weighted by Gasteiger charge is -2.02. The van der Waals surface area contributed by atoms with Crippen molar-refractivity contribution in [1.29, 1.82) is 5.26 Å². The summed E-state index contributed by atoms with van der Waals surface area (Å²) in [6.45, 7) is 0. The van der Waals surface area contributed by atoms with E-state index in [0.717, 1.165) is 15.7 Å². The van der Waals surface area contributed by atoms with Gasteiger partial charge in [-0.1, -0.05) is 29.8 Å². The second-order valence-corrected chi connectivity index (χ2v) is 5.04. The van der Waals surface area contributed by atoms with Gasteiger partial charge in [0.2, 0.25) is 0 Å². The summed E-state index contributed by atoms with van der Waals surface area (Å²) in [7, 11) is 0. The van der Waals surface area contributed by atoms with Gasteiger partial charge in [0, 0.05) is 15.7 Å². The standard InChI is InChI=1S/C14H10ClNS/c15-13-6-4-11(5-7-13)10-17-14-3-1-2-12(8-14)9-16/h1-8H,10H2. The molecule has 0 bridgehead atoms. The van der Waals surface area contributed by atoms with Crippen LogP contribution in [0.25, 0.3) is 0 Å². The number of hydrogen-bond acceptors (Lipinski definition) is 2. The summed E-state index contributed by atoms with van der Waals surface area (Å²) in [6.07, 6.45) is 0. The molecule has 0 fully saturated rings. The molecular weight excluding hydrogens is 250 g/mol. The van der Waals surface area contributed by atoms with Crippen molar-refractivity contribution in [3.63, 3.8) is 0 Å². The Labute approximate surface area is 110 Å². The van der Waals surface area contributed by atoms with Gasteiger partial charge >= 0.3 is 0 Å². The maximum absolute atomic E-state index is 8.80. The lowest BCUT2D eigenvalue weighted by atomic mass is 10.2. The Balaban J connectivity index is 2.02. The van der Waals surface area contributed by atoms with E-state index in [1.54, 1.807) is 11.8 Å². The van der Waals surface area contributed by atoms with Crippen LogP contribution >= 0.6 is 23.4 Å². The second-order valence-electron chi connectivity index (χ2n) is 3.55. The first kappa shape index (κ1) is 12.0. The molecule has 0 radical (unpaired) electrons. The highest BCUT2D eigenvalue weighted by Crippen LogP contribution is 2.24. The molecule has 17 heavy (non-hydrogen) atoms. The predicted octanol–water partition coefficient (Wildman–Crippen LogP) is 4.50. The number of thioether (sulfide) groups is 1. The fraction of sp³-hybridized carbons (Fsp3) is 0.0714. The fourth-order valence-corrected chi connectivity index (χ4v) is 2.44. The number of benzene rings is 2. The minimum Gasteiger partial charge on any atom is -0.192 e. The van der Waals surface area contributed by atoms with E-state index in [1.165, 1.54) is 5.56 Å². The summed E-state index contributed by atoms with van der Waals surface area (Å²) >= 11 is 7.54. The number of nitrogens with zero attached hydrogens (tertiary/aromatic N) is 1. The van der Waals surface area contributed by atoms with Crippen molar-refractivity contribution in [2.75, 3.05) is 0 Å². The Morgan fingerprint density at radius 2 is 1.88 bits per heavy atom. The third-order valence-electron chi connectivity index (χ3n) is 2.28. The van der Waals surface area contributed by atoms with Gasteiger partial charge in [0.25, 0.3) is 0 Å². The molecule has 0 aliphatic carbocycles. The number of nitriles is 1. The summed E-state index contributed by atoms with van der Waals surface area (Å²) in [5, 5.41) is 9.56. The van der Waals surface area contributed by atoms with Crippen molar-refractivity contribution in [1.82, 2.24) is 0 Å². The molecule has 2 aromatic rings. The monoisotopic (exact) mass is 259 g/mol. The van der Waals surface area contributed by atoms with E-state index in [9.17, 15) is 0 Å². The van der Waals surface area contributed by atoms with Crippen molar-refractivity contribution in [3.05, 3.63) is 64.7 Å². The van der Waals surface area contributed by atoms with E-state index >= 15 is 0 Å². The molecule has 0 aliphatic heterocycles. The zero-order valence-electron chi connectivity index (χ0n) is 9.06. The van der Waals surface area contributed by atoms with E-state index in [2.05, 4.69) is 6.07 Å². The quantitative estimate of drug-likeness (QED) is 0.758. The van der Waals surface area contributed by atoms with Crippen LogP contribution in [0.4, 0.5) is 0 Å². The Bertz CT molecular complexity index is 543. The smallest absolute Gasteiger partial charge is 0.0992 e. The average Bonchev–Trinajstić information content (AvgIpc) is 2.38. The van der Waals surface area contributed by atoms with Gasteiger partial charge in [0.1, 0.15) is 0 Å². The molecular formula is C14H10ClNS. The van der Waals surface area contributed by atoms with Gasteiger partial charge < -0.3 is 0 Å². The summed E-state index contributed by atoms with van der Waals surface area (Å²) < 4.78 is 0. The SMILES string of the molecule is N#Cc1cccc(SCc2ccc(Cl)cc2)c1. The molecule has 3 heteroatoms. The molecule has 84 valence electrons. The van der Waals surface area contributed by atoms with E-state index < -0.39 is 0 Å². The third-order valence-corrected chi connectivity index (χ3v) is 3.60.